The minimum Gasteiger partial charge on any atom is -0.507 e. The van der Waals surface area contributed by atoms with Crippen molar-refractivity contribution in [2.45, 2.75) is 25.9 Å². The second-order valence-corrected chi connectivity index (χ2v) is 4.96. The standard InChI is InChI=1S/C17H19FO4/c1-3-11-8-14(15(19)9-17(11)21-2)16(20)10-22-13-6-4-12(18)5-7-13/h4,6-9,12,19H,3,5,10H2,1-2H3. The molecule has 5 heteroatoms. The number of ether oxygens (including phenoxy) is 2. The van der Waals surface area contributed by atoms with Crippen LogP contribution in [0.5, 0.6) is 11.5 Å². The number of alkyl halides is 1. The molecule has 0 aromatic heterocycles. The zero-order valence-electron chi connectivity index (χ0n) is 12.6. The van der Waals surface area contributed by atoms with E-state index in [2.05, 4.69) is 0 Å². The molecular weight excluding hydrogens is 287 g/mol. The monoisotopic (exact) mass is 306 g/mol. The Morgan fingerprint density at radius 2 is 2.23 bits per heavy atom. The molecule has 0 saturated carbocycles. The van der Waals surface area contributed by atoms with E-state index < -0.39 is 6.17 Å². The molecule has 1 N–H and O–H groups in total. The number of carbonyl (C=O) groups excluding carboxylic acids is 1. The van der Waals surface area contributed by atoms with Crippen molar-refractivity contribution in [3.05, 3.63) is 47.2 Å². The average Bonchev–Trinajstić information content (AvgIpc) is 2.53. The maximum Gasteiger partial charge on any atom is 0.203 e. The zero-order valence-corrected chi connectivity index (χ0v) is 12.6. The normalized spacial score (nSPS) is 17.0. The second-order valence-electron chi connectivity index (χ2n) is 4.96. The summed E-state index contributed by atoms with van der Waals surface area (Å²) in [6.45, 7) is 1.72. The summed E-state index contributed by atoms with van der Waals surface area (Å²) in [6, 6.07) is 3.04. The van der Waals surface area contributed by atoms with Crippen molar-refractivity contribution < 1.29 is 23.8 Å². The smallest absolute Gasteiger partial charge is 0.203 e. The molecule has 0 heterocycles. The maximum absolute atomic E-state index is 12.9. The maximum atomic E-state index is 12.9. The first-order chi connectivity index (χ1) is 10.5. The van der Waals surface area contributed by atoms with Crippen molar-refractivity contribution >= 4 is 5.78 Å². The van der Waals surface area contributed by atoms with Gasteiger partial charge in [0, 0.05) is 12.5 Å². The fraction of sp³-hybridized carbons (Fsp3) is 0.353. The van der Waals surface area contributed by atoms with Crippen molar-refractivity contribution in [1.29, 1.82) is 0 Å². The van der Waals surface area contributed by atoms with Crippen LogP contribution in [0.25, 0.3) is 0 Å². The van der Waals surface area contributed by atoms with Gasteiger partial charge >= 0.3 is 0 Å². The van der Waals surface area contributed by atoms with Gasteiger partial charge in [0.05, 0.1) is 12.7 Å². The van der Waals surface area contributed by atoms with Crippen LogP contribution in [0.4, 0.5) is 4.39 Å². The fourth-order valence-electron chi connectivity index (χ4n) is 2.21. The lowest BCUT2D eigenvalue weighted by Crippen LogP contribution is -2.11. The summed E-state index contributed by atoms with van der Waals surface area (Å²) in [5, 5.41) is 9.95. The number of halogens is 1. The van der Waals surface area contributed by atoms with Gasteiger partial charge in [-0.3, -0.25) is 4.79 Å². The Labute approximate surface area is 128 Å². The van der Waals surface area contributed by atoms with Crippen LogP contribution in [0.3, 0.4) is 0 Å². The van der Waals surface area contributed by atoms with Crippen molar-refractivity contribution in [2.24, 2.45) is 0 Å². The van der Waals surface area contributed by atoms with Gasteiger partial charge in [0.2, 0.25) is 5.78 Å². The first-order valence-corrected chi connectivity index (χ1v) is 7.13. The minimum absolute atomic E-state index is 0.139. The Morgan fingerprint density at radius 1 is 1.45 bits per heavy atom. The number of phenolic OH excluding ortho intramolecular Hbond substituents is 1. The zero-order chi connectivity index (χ0) is 16.1. The number of rotatable bonds is 6. The number of phenols is 1. The number of hydrogen-bond acceptors (Lipinski definition) is 4. The van der Waals surface area contributed by atoms with Gasteiger partial charge in [0.1, 0.15) is 23.4 Å². The van der Waals surface area contributed by atoms with E-state index in [1.54, 1.807) is 12.1 Å². The summed E-state index contributed by atoms with van der Waals surface area (Å²) in [5.74, 6) is 0.529. The summed E-state index contributed by atoms with van der Waals surface area (Å²) >= 11 is 0. The molecule has 0 radical (unpaired) electrons. The van der Waals surface area contributed by atoms with Gasteiger partial charge in [-0.2, -0.15) is 0 Å². The summed E-state index contributed by atoms with van der Waals surface area (Å²) in [6.07, 6.45) is 4.42. The Bertz CT molecular complexity index is 619. The third-order valence-corrected chi connectivity index (χ3v) is 3.46. The molecule has 1 aromatic carbocycles. The van der Waals surface area contributed by atoms with Gasteiger partial charge in [-0.25, -0.2) is 4.39 Å². The SMILES string of the molecule is CCc1cc(C(=O)COC2=CCC(F)C=C2)c(O)cc1OC. The van der Waals surface area contributed by atoms with Crippen molar-refractivity contribution in [1.82, 2.24) is 0 Å². The predicted molar refractivity (Wildman–Crippen MR) is 81.1 cm³/mol. The minimum atomic E-state index is -0.999. The highest BCUT2D eigenvalue weighted by atomic mass is 19.1. The number of aryl methyl sites for hydroxylation is 1. The lowest BCUT2D eigenvalue weighted by atomic mass is 10.0. The van der Waals surface area contributed by atoms with Gasteiger partial charge < -0.3 is 14.6 Å². The van der Waals surface area contributed by atoms with E-state index in [-0.39, 0.29) is 30.1 Å². The lowest BCUT2D eigenvalue weighted by molar-refractivity contribution is 0.0866. The van der Waals surface area contributed by atoms with E-state index >= 15 is 0 Å². The molecule has 1 unspecified atom stereocenters. The van der Waals surface area contributed by atoms with Crippen LogP contribution < -0.4 is 4.74 Å². The van der Waals surface area contributed by atoms with Crippen LogP contribution in [0.1, 0.15) is 29.3 Å². The number of methoxy groups -OCH3 is 1. The summed E-state index contributed by atoms with van der Waals surface area (Å²) in [4.78, 5) is 12.2. The molecule has 1 atom stereocenters. The number of hydrogen-bond donors (Lipinski definition) is 1. The highest BCUT2D eigenvalue weighted by molar-refractivity contribution is 6.00. The number of Topliss-reactive ketones (excluding diaryl/α,β-unsaturated/α-hetero) is 1. The van der Waals surface area contributed by atoms with Crippen LogP contribution in [-0.4, -0.2) is 30.8 Å². The highest BCUT2D eigenvalue weighted by Gasteiger charge is 2.16. The molecule has 0 aliphatic heterocycles. The molecule has 22 heavy (non-hydrogen) atoms. The summed E-state index contributed by atoms with van der Waals surface area (Å²) < 4.78 is 23.4. The molecule has 0 fully saturated rings. The summed E-state index contributed by atoms with van der Waals surface area (Å²) in [7, 11) is 1.51. The van der Waals surface area contributed by atoms with Gasteiger partial charge in [-0.1, -0.05) is 6.92 Å². The van der Waals surface area contributed by atoms with Gasteiger partial charge in [0.15, 0.2) is 6.61 Å². The second kappa shape index (κ2) is 7.11. The van der Waals surface area contributed by atoms with Crippen LogP contribution in [0.15, 0.2) is 36.1 Å². The Morgan fingerprint density at radius 3 is 2.82 bits per heavy atom. The molecule has 1 aliphatic rings. The predicted octanol–water partition coefficient (Wildman–Crippen LogP) is 3.34. The van der Waals surface area contributed by atoms with Gasteiger partial charge in [0.25, 0.3) is 0 Å². The first kappa shape index (κ1) is 16.1. The molecular formula is C17H19FO4. The first-order valence-electron chi connectivity index (χ1n) is 7.13. The average molecular weight is 306 g/mol. The van der Waals surface area contributed by atoms with Crippen LogP contribution in [0, 0.1) is 0 Å². The van der Waals surface area contributed by atoms with Crippen molar-refractivity contribution in [3.8, 4) is 11.5 Å². The van der Waals surface area contributed by atoms with E-state index in [1.165, 1.54) is 25.3 Å². The van der Waals surface area contributed by atoms with Gasteiger partial charge in [-0.05, 0) is 36.3 Å². The number of carbonyl (C=O) groups is 1. The Hall–Kier alpha value is -2.30. The van der Waals surface area contributed by atoms with Crippen molar-refractivity contribution in [3.63, 3.8) is 0 Å². The molecule has 1 aromatic rings. The van der Waals surface area contributed by atoms with Crippen molar-refractivity contribution in [2.75, 3.05) is 13.7 Å². The molecule has 118 valence electrons. The number of benzene rings is 1. The third kappa shape index (κ3) is 3.67. The molecule has 0 amide bonds. The number of allylic oxidation sites excluding steroid dienone is 3. The third-order valence-electron chi connectivity index (χ3n) is 3.46. The highest BCUT2D eigenvalue weighted by Crippen LogP contribution is 2.29. The Balaban J connectivity index is 2.08. The number of ketones is 1. The lowest BCUT2D eigenvalue weighted by Gasteiger charge is -2.13. The van der Waals surface area contributed by atoms with Crippen LogP contribution in [-0.2, 0) is 11.2 Å². The van der Waals surface area contributed by atoms with Gasteiger partial charge in [-0.15, -0.1) is 0 Å². The van der Waals surface area contributed by atoms with E-state index in [4.69, 9.17) is 9.47 Å². The largest absolute Gasteiger partial charge is 0.507 e. The molecule has 4 nitrogen and oxygen atoms in total. The molecule has 2 rings (SSSR count). The number of aromatic hydroxyl groups is 1. The fourth-order valence-corrected chi connectivity index (χ4v) is 2.21. The Kier molecular flexibility index (Phi) is 5.20. The molecule has 1 aliphatic carbocycles. The molecule has 0 spiro atoms. The topological polar surface area (TPSA) is 55.8 Å². The van der Waals surface area contributed by atoms with Crippen LogP contribution in [0.2, 0.25) is 0 Å². The molecule has 0 saturated heterocycles. The molecule has 0 bridgehead atoms. The summed E-state index contributed by atoms with van der Waals surface area (Å²) in [5.41, 5.74) is 1.03. The van der Waals surface area contributed by atoms with E-state index in [1.807, 2.05) is 6.92 Å². The quantitative estimate of drug-likeness (QED) is 0.819. The van der Waals surface area contributed by atoms with E-state index in [0.29, 0.717) is 17.9 Å². The van der Waals surface area contributed by atoms with Crippen LogP contribution >= 0.6 is 0 Å². The van der Waals surface area contributed by atoms with E-state index in [0.717, 1.165) is 5.56 Å². The van der Waals surface area contributed by atoms with E-state index in [9.17, 15) is 14.3 Å².